The zero-order valence-electron chi connectivity index (χ0n) is 22.8. The molecule has 0 radical (unpaired) electrons. The van der Waals surface area contributed by atoms with Crippen molar-refractivity contribution >= 4 is 73.6 Å². The van der Waals surface area contributed by atoms with Crippen LogP contribution >= 0.6 is 23.2 Å². The van der Waals surface area contributed by atoms with Gasteiger partial charge in [-0.3, -0.25) is 15.1 Å². The van der Waals surface area contributed by atoms with Crippen LogP contribution in [0.4, 0.5) is 23.4 Å². The van der Waals surface area contributed by atoms with Crippen molar-refractivity contribution in [3.05, 3.63) is 93.6 Å². The lowest BCUT2D eigenvalue weighted by Crippen LogP contribution is -2.29. The normalized spacial score (nSPS) is 11.5. The van der Waals surface area contributed by atoms with Gasteiger partial charge in [-0.15, -0.1) is 0 Å². The van der Waals surface area contributed by atoms with Gasteiger partial charge in [0.15, 0.2) is 5.82 Å². The van der Waals surface area contributed by atoms with E-state index < -0.39 is 10.0 Å². The molecular formula is C28H26Cl2N8O3S. The Labute approximate surface area is 252 Å². The number of amides is 1. The number of halogens is 2. The van der Waals surface area contributed by atoms with Crippen molar-refractivity contribution in [3.8, 4) is 0 Å². The zero-order chi connectivity index (χ0) is 30.2. The lowest BCUT2D eigenvalue weighted by atomic mass is 10.1. The topological polar surface area (TPSA) is 148 Å². The second-order valence-electron chi connectivity index (χ2n) is 9.58. The van der Waals surface area contributed by atoms with Crippen molar-refractivity contribution in [1.82, 2.24) is 19.6 Å². The summed E-state index contributed by atoms with van der Waals surface area (Å²) in [6.45, 7) is 3.60. The smallest absolute Gasteiger partial charge is 0.238 e. The van der Waals surface area contributed by atoms with E-state index in [0.717, 1.165) is 11.1 Å². The molecule has 0 unspecified atom stereocenters. The largest absolute Gasteiger partial charge is 0.324 e. The summed E-state index contributed by atoms with van der Waals surface area (Å²) in [5.41, 5.74) is 4.04. The third kappa shape index (κ3) is 6.16. The number of nitrogens with one attached hydrogen (secondary N) is 2. The van der Waals surface area contributed by atoms with Gasteiger partial charge in [0.05, 0.1) is 32.4 Å². The first-order valence-corrected chi connectivity index (χ1v) is 14.9. The molecular weight excluding hydrogens is 599 g/mol. The van der Waals surface area contributed by atoms with Gasteiger partial charge in [0.2, 0.25) is 27.8 Å². The SMILES string of the molecule is Cc1ccc(Nc2nccc(N(C)n3c(NC(=O)Cc4ccc(Cl)c(Cl)c4)nc4c(C)cccc43)n2)cc1S(N)(=O)=O. The number of fused-ring (bicyclic) bond motifs is 1. The molecule has 5 aromatic rings. The number of nitrogens with zero attached hydrogens (tertiary/aromatic N) is 5. The summed E-state index contributed by atoms with van der Waals surface area (Å²) in [5.74, 6) is 0.670. The Balaban J connectivity index is 1.47. The molecule has 0 saturated heterocycles. The molecule has 0 aliphatic carbocycles. The molecule has 14 heteroatoms. The van der Waals surface area contributed by atoms with E-state index in [9.17, 15) is 13.2 Å². The summed E-state index contributed by atoms with van der Waals surface area (Å²) >= 11 is 12.1. The Morgan fingerprint density at radius 3 is 2.52 bits per heavy atom. The first-order valence-electron chi connectivity index (χ1n) is 12.6. The van der Waals surface area contributed by atoms with E-state index in [-0.39, 0.29) is 29.1 Å². The summed E-state index contributed by atoms with van der Waals surface area (Å²) in [6.07, 6.45) is 1.62. The Morgan fingerprint density at radius 1 is 1.00 bits per heavy atom. The van der Waals surface area contributed by atoms with Crippen molar-refractivity contribution in [3.63, 3.8) is 0 Å². The van der Waals surface area contributed by atoms with Crippen molar-refractivity contribution in [2.45, 2.75) is 25.2 Å². The number of carbonyl (C=O) groups excluding carboxylic acids is 1. The number of hydrogen-bond donors (Lipinski definition) is 3. The molecule has 11 nitrogen and oxygen atoms in total. The summed E-state index contributed by atoms with van der Waals surface area (Å²) in [5, 5.41) is 13.8. The van der Waals surface area contributed by atoms with E-state index in [4.69, 9.17) is 33.3 Å². The molecule has 4 N–H and O–H groups in total. The Kier molecular flexibility index (Phi) is 8.06. The van der Waals surface area contributed by atoms with Crippen LogP contribution in [0.1, 0.15) is 16.7 Å². The molecule has 0 aliphatic heterocycles. The minimum Gasteiger partial charge on any atom is -0.324 e. The van der Waals surface area contributed by atoms with Crippen LogP contribution in [0, 0.1) is 13.8 Å². The predicted octanol–water partition coefficient (Wildman–Crippen LogP) is 5.22. The van der Waals surface area contributed by atoms with E-state index in [1.54, 1.807) is 66.3 Å². The highest BCUT2D eigenvalue weighted by atomic mass is 35.5. The van der Waals surface area contributed by atoms with Gasteiger partial charge in [-0.05, 0) is 60.9 Å². The molecule has 1 amide bonds. The number of aromatic nitrogens is 4. The van der Waals surface area contributed by atoms with E-state index in [1.807, 2.05) is 25.1 Å². The van der Waals surface area contributed by atoms with Crippen molar-refractivity contribution in [2.75, 3.05) is 22.7 Å². The van der Waals surface area contributed by atoms with Gasteiger partial charge in [-0.25, -0.2) is 28.2 Å². The average Bonchev–Trinajstić information content (AvgIpc) is 3.30. The number of nitrogens with two attached hydrogens (primary N) is 1. The maximum Gasteiger partial charge on any atom is 0.238 e. The van der Waals surface area contributed by atoms with Crippen molar-refractivity contribution in [1.29, 1.82) is 0 Å². The van der Waals surface area contributed by atoms with Crippen LogP contribution in [-0.2, 0) is 21.2 Å². The lowest BCUT2D eigenvalue weighted by molar-refractivity contribution is -0.115. The lowest BCUT2D eigenvalue weighted by Gasteiger charge is -2.23. The molecule has 3 aromatic carbocycles. The van der Waals surface area contributed by atoms with Crippen molar-refractivity contribution in [2.24, 2.45) is 5.14 Å². The molecule has 0 atom stereocenters. The van der Waals surface area contributed by atoms with Gasteiger partial charge in [-0.2, -0.15) is 4.98 Å². The fraction of sp³-hybridized carbons (Fsp3) is 0.143. The summed E-state index contributed by atoms with van der Waals surface area (Å²) in [7, 11) is -2.14. The maximum absolute atomic E-state index is 13.1. The van der Waals surface area contributed by atoms with Crippen LogP contribution in [0.3, 0.4) is 0 Å². The molecule has 0 saturated carbocycles. The maximum atomic E-state index is 13.1. The van der Waals surface area contributed by atoms with Crippen LogP contribution in [0.15, 0.2) is 71.8 Å². The monoisotopic (exact) mass is 624 g/mol. The van der Waals surface area contributed by atoms with E-state index in [1.165, 1.54) is 6.07 Å². The second kappa shape index (κ2) is 11.6. The van der Waals surface area contributed by atoms with Gasteiger partial charge in [-0.1, -0.05) is 47.5 Å². The molecule has 0 aliphatic rings. The Hall–Kier alpha value is -4.23. The van der Waals surface area contributed by atoms with Gasteiger partial charge < -0.3 is 5.32 Å². The van der Waals surface area contributed by atoms with Crippen LogP contribution in [0.5, 0.6) is 0 Å². The van der Waals surface area contributed by atoms with Gasteiger partial charge in [0.25, 0.3) is 0 Å². The number of primary sulfonamides is 1. The van der Waals surface area contributed by atoms with Crippen LogP contribution in [0.2, 0.25) is 10.0 Å². The zero-order valence-corrected chi connectivity index (χ0v) is 25.1. The number of benzene rings is 3. The van der Waals surface area contributed by atoms with Crippen LogP contribution in [-0.4, -0.2) is 41.0 Å². The Morgan fingerprint density at radius 2 is 1.79 bits per heavy atom. The molecule has 5 rings (SSSR count). The van der Waals surface area contributed by atoms with Gasteiger partial charge in [0.1, 0.15) is 0 Å². The number of imidazole rings is 1. The standard InChI is InChI=1S/C28H26Cl2N8O3S/c1-16-7-9-19(15-23(16)42(31,40)41)33-27-32-12-11-24(34-27)37(3)38-22-6-4-5-17(2)26(22)36-28(38)35-25(39)14-18-8-10-20(29)21(30)13-18/h4-13,15H,14H2,1-3H3,(H2,31,40,41)(H,32,33,34)(H,35,36,39). The highest BCUT2D eigenvalue weighted by molar-refractivity contribution is 7.89. The highest BCUT2D eigenvalue weighted by Crippen LogP contribution is 2.28. The third-order valence-corrected chi connectivity index (χ3v) is 8.28. The molecule has 42 heavy (non-hydrogen) atoms. The van der Waals surface area contributed by atoms with Gasteiger partial charge in [0, 0.05) is 25.0 Å². The number of hydrogen-bond acceptors (Lipinski definition) is 8. The molecule has 0 bridgehead atoms. The number of sulfonamides is 1. The Bertz CT molecular complexity index is 1950. The number of carbonyl (C=O) groups is 1. The molecule has 0 spiro atoms. The van der Waals surface area contributed by atoms with E-state index in [2.05, 4.69) is 20.6 Å². The minimum atomic E-state index is -3.91. The predicted molar refractivity (Wildman–Crippen MR) is 165 cm³/mol. The third-order valence-electron chi connectivity index (χ3n) is 6.49. The fourth-order valence-electron chi connectivity index (χ4n) is 4.42. The first kappa shape index (κ1) is 29.3. The number of para-hydroxylation sites is 1. The number of aryl methyl sites for hydroxylation is 2. The summed E-state index contributed by atoms with van der Waals surface area (Å²) in [6, 6.07) is 17.2. The summed E-state index contributed by atoms with van der Waals surface area (Å²) in [4.78, 5) is 26.7. The first-order chi connectivity index (χ1) is 19.9. The molecule has 216 valence electrons. The van der Waals surface area contributed by atoms with E-state index in [0.29, 0.717) is 38.2 Å². The van der Waals surface area contributed by atoms with Gasteiger partial charge >= 0.3 is 0 Å². The van der Waals surface area contributed by atoms with Crippen LogP contribution in [0.25, 0.3) is 11.0 Å². The fourth-order valence-corrected chi connectivity index (χ4v) is 5.55. The number of rotatable bonds is 8. The second-order valence-corrected chi connectivity index (χ2v) is 11.9. The number of anilines is 4. The van der Waals surface area contributed by atoms with Crippen molar-refractivity contribution < 1.29 is 13.2 Å². The quantitative estimate of drug-likeness (QED) is 0.213. The highest BCUT2D eigenvalue weighted by Gasteiger charge is 2.20. The summed E-state index contributed by atoms with van der Waals surface area (Å²) < 4.78 is 25.7. The average molecular weight is 626 g/mol. The molecule has 2 heterocycles. The molecule has 0 fully saturated rings. The molecule has 2 aromatic heterocycles. The van der Waals surface area contributed by atoms with Crippen LogP contribution < -0.4 is 20.8 Å². The van der Waals surface area contributed by atoms with E-state index >= 15 is 0 Å². The minimum absolute atomic E-state index is 0.00211.